The lowest BCUT2D eigenvalue weighted by Gasteiger charge is -2.33. The van der Waals surface area contributed by atoms with Crippen molar-refractivity contribution in [3.63, 3.8) is 0 Å². The predicted molar refractivity (Wildman–Crippen MR) is 85.2 cm³/mol. The topological polar surface area (TPSA) is 33.1 Å². The van der Waals surface area contributed by atoms with Crippen LogP contribution in [-0.4, -0.2) is 40.1 Å². The fraction of sp³-hybridized carbons (Fsp3) is 0.688. The first-order valence-corrected chi connectivity index (χ1v) is 7.83. The molecule has 0 saturated carbocycles. The second-order valence-electron chi connectivity index (χ2n) is 5.81. The predicted octanol–water partition coefficient (Wildman–Crippen LogP) is 3.05. The van der Waals surface area contributed by atoms with Gasteiger partial charge in [0.15, 0.2) is 0 Å². The summed E-state index contributed by atoms with van der Waals surface area (Å²) in [6.07, 6.45) is 9.26. The molecule has 0 bridgehead atoms. The number of allylic oxidation sites excluding steroid dienone is 1. The number of anilines is 1. The fourth-order valence-electron chi connectivity index (χ4n) is 2.94. The van der Waals surface area contributed by atoms with Gasteiger partial charge in [0.25, 0.3) is 0 Å². The van der Waals surface area contributed by atoms with Crippen LogP contribution in [0.15, 0.2) is 18.9 Å². The number of rotatable bonds is 7. The zero-order valence-corrected chi connectivity index (χ0v) is 12.9. The number of nitrogens with one attached hydrogen (secondary N) is 1. The van der Waals surface area contributed by atoms with Crippen LogP contribution in [0.2, 0.25) is 0 Å². The van der Waals surface area contributed by atoms with E-state index in [1.54, 1.807) is 0 Å². The second kappa shape index (κ2) is 7.48. The number of hydrogen-bond donors (Lipinski definition) is 1. The number of aryl methyl sites for hydroxylation is 1. The van der Waals surface area contributed by atoms with Crippen LogP contribution in [0.3, 0.4) is 0 Å². The van der Waals surface area contributed by atoms with E-state index in [9.17, 15) is 0 Å². The molecule has 1 saturated heterocycles. The number of hydrogen-bond acceptors (Lipinski definition) is 3. The lowest BCUT2D eigenvalue weighted by atomic mass is 10.0. The van der Waals surface area contributed by atoms with Crippen LogP contribution < -0.4 is 5.32 Å². The van der Waals surface area contributed by atoms with E-state index in [1.165, 1.54) is 38.8 Å². The summed E-state index contributed by atoms with van der Waals surface area (Å²) in [5, 5.41) is 3.45. The number of piperidine rings is 1. The normalized spacial score (nSPS) is 20.0. The van der Waals surface area contributed by atoms with Crippen molar-refractivity contribution in [2.24, 2.45) is 0 Å². The molecule has 1 fully saturated rings. The Morgan fingerprint density at radius 1 is 1.50 bits per heavy atom. The molecule has 0 aliphatic carbocycles. The third kappa shape index (κ3) is 4.10. The van der Waals surface area contributed by atoms with Gasteiger partial charge >= 0.3 is 0 Å². The van der Waals surface area contributed by atoms with Crippen molar-refractivity contribution in [1.29, 1.82) is 0 Å². The first kappa shape index (κ1) is 15.1. The molecule has 1 N–H and O–H groups in total. The molecule has 4 nitrogen and oxygen atoms in total. The van der Waals surface area contributed by atoms with Gasteiger partial charge < -0.3 is 14.8 Å². The minimum absolute atomic E-state index is 0.758. The van der Waals surface area contributed by atoms with Crippen molar-refractivity contribution in [2.45, 2.75) is 52.1 Å². The van der Waals surface area contributed by atoms with Gasteiger partial charge in [-0.15, -0.1) is 6.58 Å². The molecule has 2 rings (SSSR count). The highest BCUT2D eigenvalue weighted by molar-refractivity contribution is 5.28. The van der Waals surface area contributed by atoms with E-state index in [2.05, 4.69) is 39.5 Å². The van der Waals surface area contributed by atoms with Gasteiger partial charge in [-0.05, 0) is 39.7 Å². The number of aromatic nitrogens is 2. The minimum Gasteiger partial charge on any atom is -0.356 e. The summed E-state index contributed by atoms with van der Waals surface area (Å²) < 4.78 is 2.12. The van der Waals surface area contributed by atoms with Gasteiger partial charge in [-0.2, -0.15) is 0 Å². The van der Waals surface area contributed by atoms with Crippen molar-refractivity contribution in [3.05, 3.63) is 24.5 Å². The molecule has 112 valence electrons. The van der Waals surface area contributed by atoms with Crippen molar-refractivity contribution in [2.75, 3.05) is 25.0 Å². The van der Waals surface area contributed by atoms with E-state index in [1.807, 2.05) is 13.0 Å². The van der Waals surface area contributed by atoms with Crippen LogP contribution in [-0.2, 0) is 6.54 Å². The smallest absolute Gasteiger partial charge is 0.203 e. The Bertz CT molecular complexity index is 424. The molecule has 1 atom stereocenters. The maximum atomic E-state index is 4.52. The molecular formula is C16H28N4. The molecule has 0 spiro atoms. The van der Waals surface area contributed by atoms with Crippen LogP contribution in [0.1, 0.15) is 38.3 Å². The Hall–Kier alpha value is -1.29. The van der Waals surface area contributed by atoms with Crippen molar-refractivity contribution < 1.29 is 0 Å². The monoisotopic (exact) mass is 276 g/mol. The van der Waals surface area contributed by atoms with E-state index >= 15 is 0 Å². The van der Waals surface area contributed by atoms with Gasteiger partial charge in [0, 0.05) is 31.9 Å². The SMILES string of the molecule is C=CCn1cc(C)nc1NCCCN1CCCCC1C. The lowest BCUT2D eigenvalue weighted by Crippen LogP contribution is -2.38. The van der Waals surface area contributed by atoms with Crippen molar-refractivity contribution in [3.8, 4) is 0 Å². The largest absolute Gasteiger partial charge is 0.356 e. The van der Waals surface area contributed by atoms with Gasteiger partial charge in [0.05, 0.1) is 5.69 Å². The maximum Gasteiger partial charge on any atom is 0.203 e. The molecule has 2 heterocycles. The molecule has 1 aliphatic heterocycles. The van der Waals surface area contributed by atoms with Crippen molar-refractivity contribution >= 4 is 5.95 Å². The minimum atomic E-state index is 0.758. The quantitative estimate of drug-likeness (QED) is 0.614. The summed E-state index contributed by atoms with van der Waals surface area (Å²) in [5.74, 6) is 0.967. The highest BCUT2D eigenvalue weighted by Crippen LogP contribution is 2.16. The molecule has 0 aromatic carbocycles. The van der Waals surface area contributed by atoms with Gasteiger partial charge in [-0.3, -0.25) is 0 Å². The van der Waals surface area contributed by atoms with E-state index in [0.717, 1.165) is 30.8 Å². The standard InChI is InChI=1S/C16H28N4/c1-4-10-20-13-14(2)18-16(20)17-9-7-12-19-11-6-5-8-15(19)3/h4,13,15H,1,5-12H2,2-3H3,(H,17,18). The van der Waals surface area contributed by atoms with Gasteiger partial charge in [0.2, 0.25) is 5.95 Å². The average Bonchev–Trinajstić information content (AvgIpc) is 2.77. The molecule has 1 unspecified atom stereocenters. The van der Waals surface area contributed by atoms with Gasteiger partial charge in [-0.25, -0.2) is 4.98 Å². The summed E-state index contributed by atoms with van der Waals surface area (Å²) in [5.41, 5.74) is 1.05. The number of nitrogens with zero attached hydrogens (tertiary/aromatic N) is 3. The molecule has 20 heavy (non-hydrogen) atoms. The summed E-state index contributed by atoms with van der Waals surface area (Å²) in [7, 11) is 0. The molecule has 0 radical (unpaired) electrons. The highest BCUT2D eigenvalue weighted by Gasteiger charge is 2.17. The maximum absolute atomic E-state index is 4.52. The molecule has 1 aliphatic rings. The summed E-state index contributed by atoms with van der Waals surface area (Å²) in [6.45, 7) is 12.4. The number of likely N-dealkylation sites (tertiary alicyclic amines) is 1. The highest BCUT2D eigenvalue weighted by atomic mass is 15.2. The average molecular weight is 276 g/mol. The molecular weight excluding hydrogens is 248 g/mol. The Morgan fingerprint density at radius 3 is 3.10 bits per heavy atom. The van der Waals surface area contributed by atoms with E-state index in [4.69, 9.17) is 0 Å². The molecule has 1 aromatic heterocycles. The Balaban J connectivity index is 1.74. The van der Waals surface area contributed by atoms with Crippen LogP contribution in [0.25, 0.3) is 0 Å². The zero-order valence-electron chi connectivity index (χ0n) is 12.9. The fourth-order valence-corrected chi connectivity index (χ4v) is 2.94. The van der Waals surface area contributed by atoms with E-state index in [0.29, 0.717) is 0 Å². The van der Waals surface area contributed by atoms with Gasteiger partial charge in [0.1, 0.15) is 0 Å². The third-order valence-electron chi connectivity index (χ3n) is 4.07. The molecule has 4 heteroatoms. The molecule has 1 aromatic rings. The van der Waals surface area contributed by atoms with Gasteiger partial charge in [-0.1, -0.05) is 12.5 Å². The van der Waals surface area contributed by atoms with E-state index in [-0.39, 0.29) is 0 Å². The summed E-state index contributed by atoms with van der Waals surface area (Å²) >= 11 is 0. The lowest BCUT2D eigenvalue weighted by molar-refractivity contribution is 0.160. The summed E-state index contributed by atoms with van der Waals surface area (Å²) in [6, 6.07) is 0.758. The van der Waals surface area contributed by atoms with Crippen molar-refractivity contribution in [1.82, 2.24) is 14.5 Å². The van der Waals surface area contributed by atoms with Crippen LogP contribution in [0, 0.1) is 6.92 Å². The summed E-state index contributed by atoms with van der Waals surface area (Å²) in [4.78, 5) is 7.14. The Kier molecular flexibility index (Phi) is 5.65. The first-order chi connectivity index (χ1) is 9.70. The second-order valence-corrected chi connectivity index (χ2v) is 5.81. The zero-order chi connectivity index (χ0) is 14.4. The third-order valence-corrected chi connectivity index (χ3v) is 4.07. The van der Waals surface area contributed by atoms with Crippen LogP contribution >= 0.6 is 0 Å². The van der Waals surface area contributed by atoms with E-state index < -0.39 is 0 Å². The number of imidazole rings is 1. The molecule has 0 amide bonds. The van der Waals surface area contributed by atoms with Crippen LogP contribution in [0.4, 0.5) is 5.95 Å². The Morgan fingerprint density at radius 2 is 2.35 bits per heavy atom. The first-order valence-electron chi connectivity index (χ1n) is 7.83. The van der Waals surface area contributed by atoms with Crippen LogP contribution in [0.5, 0.6) is 0 Å². The Labute approximate surface area is 122 Å².